The molecular weight excluding hydrogens is 363 g/mol. The number of benzene rings is 2. The highest BCUT2D eigenvalue weighted by Gasteiger charge is 2.20. The van der Waals surface area contributed by atoms with Crippen molar-refractivity contribution in [3.05, 3.63) is 53.5 Å². The number of rotatable bonds is 5. The van der Waals surface area contributed by atoms with E-state index in [1.54, 1.807) is 30.5 Å². The minimum absolute atomic E-state index is 0.0821. The fourth-order valence-corrected chi connectivity index (χ4v) is 3.18. The van der Waals surface area contributed by atoms with Crippen molar-refractivity contribution in [1.29, 1.82) is 0 Å². The molecule has 7 nitrogen and oxygen atoms in total. The Bertz CT molecular complexity index is 998. The second-order valence-corrected chi connectivity index (χ2v) is 6.79. The average Bonchev–Trinajstić information content (AvgIpc) is 3.18. The molecular formula is C20H21FN4O3. The molecule has 1 fully saturated rings. The van der Waals surface area contributed by atoms with Gasteiger partial charge in [-0.25, -0.2) is 9.87 Å². The first-order valence-corrected chi connectivity index (χ1v) is 9.15. The maximum absolute atomic E-state index is 14.4. The molecule has 0 spiro atoms. The van der Waals surface area contributed by atoms with Gasteiger partial charge in [0.1, 0.15) is 5.82 Å². The lowest BCUT2D eigenvalue weighted by Gasteiger charge is -2.22. The predicted octanol–water partition coefficient (Wildman–Crippen LogP) is 3.59. The fourth-order valence-electron chi connectivity index (χ4n) is 3.18. The number of aryl methyl sites for hydroxylation is 1. The number of nitrogens with one attached hydrogen (secondary N) is 3. The van der Waals surface area contributed by atoms with E-state index in [2.05, 4.69) is 21.0 Å². The minimum Gasteiger partial charge on any atom is -0.381 e. The zero-order valence-corrected chi connectivity index (χ0v) is 15.4. The van der Waals surface area contributed by atoms with Crippen LogP contribution in [0.5, 0.6) is 0 Å². The number of hydrogen-bond acceptors (Lipinski definition) is 5. The van der Waals surface area contributed by atoms with Crippen LogP contribution in [0.25, 0.3) is 10.9 Å². The average molecular weight is 384 g/mol. The van der Waals surface area contributed by atoms with Crippen LogP contribution in [0.1, 0.15) is 28.8 Å². The number of anilines is 2. The molecule has 1 aromatic heterocycles. The first kappa shape index (κ1) is 18.4. The number of halogens is 1. The van der Waals surface area contributed by atoms with Crippen molar-refractivity contribution in [2.45, 2.75) is 25.9 Å². The van der Waals surface area contributed by atoms with E-state index in [1.165, 1.54) is 6.07 Å². The van der Waals surface area contributed by atoms with Gasteiger partial charge in [0.2, 0.25) is 0 Å². The van der Waals surface area contributed by atoms with Gasteiger partial charge in [0.15, 0.2) is 0 Å². The highest BCUT2D eigenvalue weighted by Crippen LogP contribution is 2.31. The Balaban J connectivity index is 1.62. The molecule has 4 rings (SSSR count). The molecule has 0 atom stereocenters. The lowest BCUT2D eigenvalue weighted by molar-refractivity contribution is -0.0673. The van der Waals surface area contributed by atoms with E-state index in [9.17, 15) is 9.18 Å². The molecule has 0 bridgehead atoms. The summed E-state index contributed by atoms with van der Waals surface area (Å²) in [6.07, 6.45) is 2.96. The first-order chi connectivity index (χ1) is 13.6. The first-order valence-electron chi connectivity index (χ1n) is 9.15. The summed E-state index contributed by atoms with van der Waals surface area (Å²) < 4.78 is 19.6. The monoisotopic (exact) mass is 384 g/mol. The summed E-state index contributed by atoms with van der Waals surface area (Å²) in [5, 5.41) is 10.6. The van der Waals surface area contributed by atoms with Crippen molar-refractivity contribution in [2.24, 2.45) is 0 Å². The minimum atomic E-state index is -0.412. The summed E-state index contributed by atoms with van der Waals surface area (Å²) in [4.78, 5) is 18.3. The summed E-state index contributed by atoms with van der Waals surface area (Å²) in [6, 6.07) is 8.28. The van der Waals surface area contributed by atoms with Crippen molar-refractivity contribution < 1.29 is 18.8 Å². The van der Waals surface area contributed by atoms with Crippen molar-refractivity contribution in [3.8, 4) is 0 Å². The number of hydroxylamine groups is 1. The number of carbonyl (C=O) groups excluding carboxylic acids is 1. The van der Waals surface area contributed by atoms with E-state index >= 15 is 0 Å². The van der Waals surface area contributed by atoms with Crippen LogP contribution in [0.4, 0.5) is 15.8 Å². The van der Waals surface area contributed by atoms with Gasteiger partial charge in [-0.3, -0.25) is 14.7 Å². The topological polar surface area (TPSA) is 88.3 Å². The Morgan fingerprint density at radius 1 is 1.29 bits per heavy atom. The maximum Gasteiger partial charge on any atom is 0.276 e. The molecule has 1 aliphatic heterocycles. The second kappa shape index (κ2) is 7.95. The zero-order valence-electron chi connectivity index (χ0n) is 15.4. The van der Waals surface area contributed by atoms with Crippen LogP contribution in [0, 0.1) is 12.7 Å². The van der Waals surface area contributed by atoms with E-state index in [0.29, 0.717) is 29.9 Å². The summed E-state index contributed by atoms with van der Waals surface area (Å²) in [6.45, 7) is 3.04. The molecule has 1 amide bonds. The van der Waals surface area contributed by atoms with E-state index < -0.39 is 11.7 Å². The quantitative estimate of drug-likeness (QED) is 0.585. The summed E-state index contributed by atoms with van der Waals surface area (Å²) in [7, 11) is 0. The van der Waals surface area contributed by atoms with Gasteiger partial charge in [-0.15, -0.1) is 0 Å². The Kier molecular flexibility index (Phi) is 5.23. The van der Waals surface area contributed by atoms with Crippen molar-refractivity contribution >= 4 is 28.2 Å². The molecule has 3 N–H and O–H groups in total. The molecule has 1 aliphatic rings. The number of ether oxygens (including phenoxy) is 1. The number of aromatic nitrogens is 2. The van der Waals surface area contributed by atoms with Crippen molar-refractivity contribution in [3.63, 3.8) is 0 Å². The van der Waals surface area contributed by atoms with Crippen LogP contribution in [-0.2, 0) is 9.57 Å². The number of fused-ring (bicyclic) bond motifs is 1. The highest BCUT2D eigenvalue weighted by molar-refractivity contribution is 6.08. The highest BCUT2D eigenvalue weighted by atomic mass is 19.1. The normalized spacial score (nSPS) is 14.9. The zero-order chi connectivity index (χ0) is 19.5. The Labute approximate surface area is 161 Å². The van der Waals surface area contributed by atoms with Crippen LogP contribution < -0.4 is 10.8 Å². The van der Waals surface area contributed by atoms with E-state index in [0.717, 1.165) is 23.9 Å². The third-order valence-corrected chi connectivity index (χ3v) is 4.74. The number of carbonyl (C=O) groups is 1. The van der Waals surface area contributed by atoms with Crippen LogP contribution in [0.2, 0.25) is 0 Å². The largest absolute Gasteiger partial charge is 0.381 e. The fraction of sp³-hybridized carbons (Fsp3) is 0.300. The molecule has 0 saturated carbocycles. The third-order valence-electron chi connectivity index (χ3n) is 4.74. The Morgan fingerprint density at radius 3 is 2.89 bits per heavy atom. The van der Waals surface area contributed by atoms with Gasteiger partial charge in [-0.1, -0.05) is 6.07 Å². The number of aromatic amines is 1. The van der Waals surface area contributed by atoms with Crippen LogP contribution in [0.3, 0.4) is 0 Å². The van der Waals surface area contributed by atoms with Gasteiger partial charge in [-0.2, -0.15) is 5.10 Å². The van der Waals surface area contributed by atoms with Crippen molar-refractivity contribution in [2.75, 3.05) is 18.5 Å². The number of H-pyrrole nitrogens is 1. The van der Waals surface area contributed by atoms with Crippen LogP contribution in [-0.4, -0.2) is 35.4 Å². The van der Waals surface area contributed by atoms with E-state index in [4.69, 9.17) is 9.57 Å². The molecule has 2 heterocycles. The van der Waals surface area contributed by atoms with Gasteiger partial charge in [0.25, 0.3) is 5.91 Å². The molecule has 8 heteroatoms. The van der Waals surface area contributed by atoms with E-state index in [1.807, 2.05) is 6.92 Å². The molecule has 3 aromatic rings. The summed E-state index contributed by atoms with van der Waals surface area (Å²) in [5.74, 6) is -0.810. The lowest BCUT2D eigenvalue weighted by Crippen LogP contribution is -2.33. The van der Waals surface area contributed by atoms with Gasteiger partial charge in [-0.05, 0) is 49.6 Å². The Morgan fingerprint density at radius 2 is 2.11 bits per heavy atom. The van der Waals surface area contributed by atoms with Crippen LogP contribution in [0.15, 0.2) is 36.5 Å². The molecule has 146 valence electrons. The third kappa shape index (κ3) is 3.83. The maximum atomic E-state index is 14.4. The second-order valence-electron chi connectivity index (χ2n) is 6.79. The number of nitrogens with zero attached hydrogens (tertiary/aromatic N) is 1. The summed E-state index contributed by atoms with van der Waals surface area (Å²) >= 11 is 0. The van der Waals surface area contributed by atoms with Gasteiger partial charge < -0.3 is 10.1 Å². The van der Waals surface area contributed by atoms with Gasteiger partial charge in [0.05, 0.1) is 34.8 Å². The van der Waals surface area contributed by atoms with Crippen LogP contribution >= 0.6 is 0 Å². The summed E-state index contributed by atoms with van der Waals surface area (Å²) in [5.41, 5.74) is 5.13. The van der Waals surface area contributed by atoms with Gasteiger partial charge in [0, 0.05) is 18.6 Å². The Hall–Kier alpha value is -2.97. The number of amides is 1. The van der Waals surface area contributed by atoms with E-state index in [-0.39, 0.29) is 11.8 Å². The standard InChI is InChI=1S/C20H21FN4O3/c1-12-2-4-18(16(21)10-12)23-19-14(3-5-17-15(19)11-22-24-17)20(26)25-28-13-6-8-27-9-7-13/h2-5,10-11,13,23H,6-9H2,1H3,(H,22,24)(H,25,26). The lowest BCUT2D eigenvalue weighted by atomic mass is 10.1. The molecule has 0 unspecified atom stereocenters. The SMILES string of the molecule is Cc1ccc(Nc2c(C(=O)NOC3CCOCC3)ccc3[nH]ncc23)c(F)c1. The molecule has 28 heavy (non-hydrogen) atoms. The molecule has 0 aliphatic carbocycles. The van der Waals surface area contributed by atoms with Gasteiger partial charge >= 0.3 is 0 Å². The molecule has 0 radical (unpaired) electrons. The molecule has 2 aromatic carbocycles. The predicted molar refractivity (Wildman–Crippen MR) is 103 cm³/mol. The molecule has 1 saturated heterocycles. The van der Waals surface area contributed by atoms with Crippen molar-refractivity contribution in [1.82, 2.24) is 15.7 Å². The number of hydrogen-bond donors (Lipinski definition) is 3. The smallest absolute Gasteiger partial charge is 0.276 e.